The van der Waals surface area contributed by atoms with E-state index in [0.717, 1.165) is 21.9 Å². The summed E-state index contributed by atoms with van der Waals surface area (Å²) in [6.07, 6.45) is 3.55. The van der Waals surface area contributed by atoms with E-state index in [2.05, 4.69) is 20.4 Å². The summed E-state index contributed by atoms with van der Waals surface area (Å²) >= 11 is 3.92. The van der Waals surface area contributed by atoms with E-state index in [1.54, 1.807) is 37.7 Å². The van der Waals surface area contributed by atoms with E-state index in [-0.39, 0.29) is 22.2 Å². The minimum Gasteiger partial charge on any atom is -0.427 e. The van der Waals surface area contributed by atoms with Crippen LogP contribution < -0.4 is 11.1 Å². The highest BCUT2D eigenvalue weighted by Crippen LogP contribution is 2.41. The summed E-state index contributed by atoms with van der Waals surface area (Å²) in [4.78, 5) is 67.0. The van der Waals surface area contributed by atoms with Gasteiger partial charge in [-0.15, -0.1) is 34.4 Å². The summed E-state index contributed by atoms with van der Waals surface area (Å²) in [6.45, 7) is 6.27. The number of rotatable bonds is 9. The molecule has 2 aromatic heterocycles. The molecule has 1 saturated heterocycles. The first-order valence-corrected chi connectivity index (χ1v) is 15.0. The van der Waals surface area contributed by atoms with Gasteiger partial charge < -0.3 is 25.4 Å². The number of β-lactam (4-membered cyclic amide) rings is 1. The van der Waals surface area contributed by atoms with Gasteiger partial charge in [-0.05, 0) is 39.3 Å². The van der Waals surface area contributed by atoms with E-state index in [9.17, 15) is 19.2 Å². The van der Waals surface area contributed by atoms with Gasteiger partial charge >= 0.3 is 11.9 Å². The van der Waals surface area contributed by atoms with Crippen molar-refractivity contribution in [1.29, 1.82) is 0 Å². The lowest BCUT2D eigenvalue weighted by Gasteiger charge is -2.49. The minimum atomic E-state index is -0.957. The molecule has 4 rings (SSSR count). The van der Waals surface area contributed by atoms with Crippen LogP contribution in [0.2, 0.25) is 0 Å². The van der Waals surface area contributed by atoms with Crippen molar-refractivity contribution < 1.29 is 33.5 Å². The van der Waals surface area contributed by atoms with E-state index in [0.29, 0.717) is 11.3 Å². The fraction of sp³-hybridized carbons (Fsp3) is 0.400. The molecule has 2 aliphatic rings. The van der Waals surface area contributed by atoms with Crippen LogP contribution in [-0.2, 0) is 33.5 Å². The Hall–Kier alpha value is -3.76. The number of hydrogen-bond donors (Lipinski definition) is 2. The van der Waals surface area contributed by atoms with Gasteiger partial charge in [-0.2, -0.15) is 0 Å². The third-order valence-electron chi connectivity index (χ3n) is 5.85. The number of allylic oxidation sites excluding steroid dienone is 1. The Kier molecular flexibility index (Phi) is 9.14. The summed E-state index contributed by atoms with van der Waals surface area (Å²) < 4.78 is 10.3. The first-order valence-electron chi connectivity index (χ1n) is 12.2. The molecule has 2 atom stereocenters. The zero-order valence-corrected chi connectivity index (χ0v) is 25.3. The largest absolute Gasteiger partial charge is 0.427 e. The van der Waals surface area contributed by atoms with Crippen molar-refractivity contribution in [3.05, 3.63) is 44.5 Å². The van der Waals surface area contributed by atoms with Crippen molar-refractivity contribution in [2.24, 2.45) is 10.6 Å². The van der Waals surface area contributed by atoms with Gasteiger partial charge in [0.25, 0.3) is 11.8 Å². The molecule has 0 aromatic carbocycles. The third kappa shape index (κ3) is 6.60. The first kappa shape index (κ1) is 30.2. The van der Waals surface area contributed by atoms with Crippen molar-refractivity contribution in [2.75, 3.05) is 25.4 Å². The monoisotopic (exact) mass is 620 g/mol. The summed E-state index contributed by atoms with van der Waals surface area (Å²) in [7, 11) is 1.28. The number of nitrogen functional groups attached to an aromatic ring is 1. The number of nitrogens with two attached hydrogens (primary N) is 1. The zero-order chi connectivity index (χ0) is 29.9. The predicted octanol–water partition coefficient (Wildman–Crippen LogP) is 2.30. The number of nitrogens with one attached hydrogen (secondary N) is 1. The van der Waals surface area contributed by atoms with Crippen molar-refractivity contribution in [1.82, 2.24) is 20.2 Å². The van der Waals surface area contributed by atoms with Crippen molar-refractivity contribution in [3.63, 3.8) is 0 Å². The van der Waals surface area contributed by atoms with Crippen LogP contribution in [0.5, 0.6) is 0 Å². The van der Waals surface area contributed by atoms with E-state index >= 15 is 0 Å². The summed E-state index contributed by atoms with van der Waals surface area (Å²) in [5.41, 5.74) is 8.03. The maximum Gasteiger partial charge on any atom is 0.358 e. The number of nitrogens with zero attached hydrogens (tertiary/aromatic N) is 4. The molecule has 2 aliphatic heterocycles. The van der Waals surface area contributed by atoms with Crippen molar-refractivity contribution >= 4 is 75.1 Å². The van der Waals surface area contributed by atoms with Gasteiger partial charge in [-0.3, -0.25) is 19.3 Å². The molecular weight excluding hydrogens is 593 g/mol. The molecule has 3 N–H and O–H groups in total. The van der Waals surface area contributed by atoms with Gasteiger partial charge in [0.05, 0.1) is 16.6 Å². The Labute approximate surface area is 247 Å². The van der Waals surface area contributed by atoms with Crippen LogP contribution >= 0.6 is 34.4 Å². The molecule has 1 fully saturated rings. The summed E-state index contributed by atoms with van der Waals surface area (Å²) in [5.74, 6) is -2.26. The molecule has 2 aromatic rings. The number of thiazole rings is 2. The van der Waals surface area contributed by atoms with E-state index in [4.69, 9.17) is 20.0 Å². The molecule has 0 aliphatic carbocycles. The zero-order valence-electron chi connectivity index (χ0n) is 22.8. The molecule has 0 bridgehead atoms. The molecule has 4 heterocycles. The number of amides is 2. The highest BCUT2D eigenvalue weighted by Gasteiger charge is 2.54. The highest BCUT2D eigenvalue weighted by molar-refractivity contribution is 8.00. The summed E-state index contributed by atoms with van der Waals surface area (Å²) in [6, 6.07) is -0.957. The van der Waals surface area contributed by atoms with Crippen LogP contribution in [-0.4, -0.2) is 75.4 Å². The van der Waals surface area contributed by atoms with Gasteiger partial charge in [-0.25, -0.2) is 14.8 Å². The molecule has 41 heavy (non-hydrogen) atoms. The second-order valence-corrected chi connectivity index (χ2v) is 12.7. The van der Waals surface area contributed by atoms with Crippen LogP contribution in [0.15, 0.2) is 33.4 Å². The number of aryl methyl sites for hydroxylation is 1. The number of carbonyl (C=O) groups is 4. The highest BCUT2D eigenvalue weighted by atomic mass is 32.2. The standard InChI is InChI=1S/C25H28N6O7S3/c1-12-15(41-10-27-12)7-6-13-8-39-21-17(29-19(32)16(30-36-5)14-9-40-24(26)28-14)20(33)31(21)18(13)22(34)37-11-38-23(35)25(2,3)4/h6-7,9-10,17,21H,8,11H2,1-5H3,(H2,26,28)(H,29,32)/b7-6-,30-16+/t17-,21-/m1/s1. The normalized spacial score (nSPS) is 19.1. The van der Waals surface area contributed by atoms with E-state index < -0.39 is 47.4 Å². The maximum atomic E-state index is 13.3. The smallest absolute Gasteiger partial charge is 0.358 e. The average molecular weight is 621 g/mol. The number of thioether (sulfide) groups is 1. The number of oxime groups is 1. The lowest BCUT2D eigenvalue weighted by molar-refractivity contribution is -0.173. The van der Waals surface area contributed by atoms with Gasteiger partial charge in [0.2, 0.25) is 6.79 Å². The molecule has 0 saturated carbocycles. The second kappa shape index (κ2) is 12.4. The Balaban J connectivity index is 1.55. The molecule has 13 nitrogen and oxygen atoms in total. The average Bonchev–Trinajstić information content (AvgIpc) is 3.54. The number of aromatic nitrogens is 2. The number of hydrogen-bond acceptors (Lipinski definition) is 14. The fourth-order valence-electron chi connectivity index (χ4n) is 3.73. The number of esters is 2. The van der Waals surface area contributed by atoms with Crippen LogP contribution in [0, 0.1) is 12.3 Å². The van der Waals surface area contributed by atoms with E-state index in [1.165, 1.54) is 35.1 Å². The van der Waals surface area contributed by atoms with E-state index in [1.807, 2.05) is 13.0 Å². The number of ether oxygens (including phenoxy) is 2. The molecular formula is C25H28N6O7S3. The van der Waals surface area contributed by atoms with Crippen LogP contribution in [0.25, 0.3) is 6.08 Å². The van der Waals surface area contributed by atoms with Crippen molar-refractivity contribution in [3.8, 4) is 0 Å². The Morgan fingerprint density at radius 1 is 1.24 bits per heavy atom. The Morgan fingerprint density at radius 3 is 2.61 bits per heavy atom. The number of anilines is 1. The second-order valence-electron chi connectivity index (χ2n) is 9.80. The molecule has 2 amide bonds. The molecule has 0 unspecified atom stereocenters. The fourth-order valence-corrected chi connectivity index (χ4v) is 6.29. The quantitative estimate of drug-likeness (QED) is 0.138. The number of fused-ring (bicyclic) bond motifs is 1. The topological polar surface area (TPSA) is 175 Å². The SMILES string of the molecule is CO/N=C(/C(=O)N[C@@H]1C(=O)N2C(C(=O)OCOC(=O)C(C)(C)C)=C(/C=C\c3scnc3C)CS[C@H]12)c1csc(N)n1. The lowest BCUT2D eigenvalue weighted by Crippen LogP contribution is -2.71. The van der Waals surface area contributed by atoms with Crippen LogP contribution in [0.4, 0.5) is 5.13 Å². The minimum absolute atomic E-state index is 0.00697. The summed E-state index contributed by atoms with van der Waals surface area (Å²) in [5, 5.41) is 7.59. The molecule has 0 spiro atoms. The van der Waals surface area contributed by atoms with Crippen LogP contribution in [0.3, 0.4) is 0 Å². The van der Waals surface area contributed by atoms with Gasteiger partial charge in [0.15, 0.2) is 10.8 Å². The third-order valence-corrected chi connectivity index (χ3v) is 8.72. The maximum absolute atomic E-state index is 13.3. The van der Waals surface area contributed by atoms with Crippen molar-refractivity contribution in [2.45, 2.75) is 39.1 Å². The van der Waals surface area contributed by atoms with Gasteiger partial charge in [-0.1, -0.05) is 11.2 Å². The van der Waals surface area contributed by atoms with Gasteiger partial charge in [0, 0.05) is 16.0 Å². The first-order chi connectivity index (χ1) is 19.4. The molecule has 218 valence electrons. The predicted molar refractivity (Wildman–Crippen MR) is 155 cm³/mol. The molecule has 16 heteroatoms. The van der Waals surface area contributed by atoms with Gasteiger partial charge in [0.1, 0.15) is 29.9 Å². The lowest BCUT2D eigenvalue weighted by atomic mass is 9.98. The number of carbonyl (C=O) groups excluding carboxylic acids is 4. The Bertz CT molecular complexity index is 1460. The van der Waals surface area contributed by atoms with Crippen LogP contribution in [0.1, 0.15) is 37.0 Å². The molecule has 0 radical (unpaired) electrons. The Morgan fingerprint density at radius 2 is 2.00 bits per heavy atom.